The van der Waals surface area contributed by atoms with Gasteiger partial charge in [-0.1, -0.05) is 12.1 Å². The quantitative estimate of drug-likeness (QED) is 0.562. The van der Waals surface area contributed by atoms with Crippen LogP contribution in [0.15, 0.2) is 41.3 Å². The number of nitro groups is 1. The van der Waals surface area contributed by atoms with E-state index in [1.54, 1.807) is 17.9 Å². The van der Waals surface area contributed by atoms with Crippen LogP contribution in [0.3, 0.4) is 0 Å². The topological polar surface area (TPSA) is 101 Å². The number of hydrogen-bond acceptors (Lipinski definition) is 5. The van der Waals surface area contributed by atoms with Crippen molar-refractivity contribution < 1.29 is 18.1 Å². The maximum atomic E-state index is 13.0. The smallest absolute Gasteiger partial charge is 0.270 e. The monoisotopic (exact) mass is 417 g/mol. The number of hydrogen-bond donors (Lipinski definition) is 0. The third kappa shape index (κ3) is 4.15. The highest BCUT2D eigenvalue weighted by atomic mass is 32.2. The average molecular weight is 417 g/mol. The minimum absolute atomic E-state index is 0.0689. The molecule has 0 radical (unpaired) electrons. The lowest BCUT2D eigenvalue weighted by atomic mass is 10.1. The predicted octanol–water partition coefficient (Wildman–Crippen LogP) is 2.67. The first-order valence-corrected chi connectivity index (χ1v) is 10.7. The summed E-state index contributed by atoms with van der Waals surface area (Å²) >= 11 is 0. The lowest BCUT2D eigenvalue weighted by molar-refractivity contribution is -0.385. The Labute approximate surface area is 169 Å². The molecule has 0 bridgehead atoms. The largest absolute Gasteiger partial charge is 0.336 e. The number of aryl methyl sites for hydroxylation is 3. The SMILES string of the molecule is Cc1ccc(C(=O)N2CCN(S(=O)(=O)c3cc([N+](=O)[O-])ccc3C)CC2)cc1C. The summed E-state index contributed by atoms with van der Waals surface area (Å²) in [4.78, 5) is 24.7. The molecule has 1 aliphatic heterocycles. The van der Waals surface area contributed by atoms with Crippen molar-refractivity contribution in [1.29, 1.82) is 0 Å². The van der Waals surface area contributed by atoms with Gasteiger partial charge in [0.05, 0.1) is 9.82 Å². The van der Waals surface area contributed by atoms with E-state index in [4.69, 9.17) is 0 Å². The van der Waals surface area contributed by atoms with Gasteiger partial charge >= 0.3 is 0 Å². The van der Waals surface area contributed by atoms with Crippen molar-refractivity contribution in [3.05, 3.63) is 68.8 Å². The van der Waals surface area contributed by atoms with Gasteiger partial charge in [0.25, 0.3) is 11.6 Å². The lowest BCUT2D eigenvalue weighted by Crippen LogP contribution is -2.50. The molecule has 3 rings (SSSR count). The van der Waals surface area contributed by atoms with Crippen molar-refractivity contribution in [2.24, 2.45) is 0 Å². The van der Waals surface area contributed by atoms with E-state index >= 15 is 0 Å². The van der Waals surface area contributed by atoms with Crippen molar-refractivity contribution in [3.63, 3.8) is 0 Å². The summed E-state index contributed by atoms with van der Waals surface area (Å²) in [5, 5.41) is 11.0. The Morgan fingerprint density at radius 3 is 2.14 bits per heavy atom. The minimum Gasteiger partial charge on any atom is -0.336 e. The van der Waals surface area contributed by atoms with Crippen LogP contribution in [-0.4, -0.2) is 54.6 Å². The fraction of sp³-hybridized carbons (Fsp3) is 0.350. The molecule has 0 aromatic heterocycles. The van der Waals surface area contributed by atoms with Crippen LogP contribution < -0.4 is 0 Å². The number of nitro benzene ring substituents is 1. The molecule has 2 aromatic carbocycles. The zero-order valence-corrected chi connectivity index (χ0v) is 17.4. The van der Waals surface area contributed by atoms with Crippen molar-refractivity contribution >= 4 is 21.6 Å². The van der Waals surface area contributed by atoms with Gasteiger partial charge in [-0.25, -0.2) is 8.42 Å². The van der Waals surface area contributed by atoms with Crippen molar-refractivity contribution in [1.82, 2.24) is 9.21 Å². The van der Waals surface area contributed by atoms with Crippen LogP contribution in [0.25, 0.3) is 0 Å². The molecule has 0 saturated carbocycles. The summed E-state index contributed by atoms with van der Waals surface area (Å²) in [5.74, 6) is -0.128. The van der Waals surface area contributed by atoms with Gasteiger partial charge < -0.3 is 4.90 Å². The second-order valence-electron chi connectivity index (χ2n) is 7.20. The van der Waals surface area contributed by atoms with E-state index in [0.717, 1.165) is 17.2 Å². The molecule has 1 aliphatic rings. The Balaban J connectivity index is 1.76. The molecule has 8 nitrogen and oxygen atoms in total. The maximum Gasteiger partial charge on any atom is 0.270 e. The Bertz CT molecular complexity index is 1070. The summed E-state index contributed by atoms with van der Waals surface area (Å²) in [6.45, 7) is 6.33. The molecule has 2 aromatic rings. The highest BCUT2D eigenvalue weighted by Gasteiger charge is 2.32. The minimum atomic E-state index is -3.88. The predicted molar refractivity (Wildman–Crippen MR) is 108 cm³/mol. The Kier molecular flexibility index (Phi) is 5.72. The molecular weight excluding hydrogens is 394 g/mol. The van der Waals surface area contributed by atoms with Crippen LogP contribution in [-0.2, 0) is 10.0 Å². The maximum absolute atomic E-state index is 13.0. The van der Waals surface area contributed by atoms with E-state index < -0.39 is 14.9 Å². The number of non-ortho nitro benzene ring substituents is 1. The third-order valence-corrected chi connectivity index (χ3v) is 7.32. The van der Waals surface area contributed by atoms with E-state index in [-0.39, 0.29) is 42.7 Å². The number of carbonyl (C=O) groups is 1. The van der Waals surface area contributed by atoms with Crippen molar-refractivity contribution in [2.75, 3.05) is 26.2 Å². The van der Waals surface area contributed by atoms with Gasteiger partial charge in [0, 0.05) is 43.9 Å². The summed E-state index contributed by atoms with van der Waals surface area (Å²) in [7, 11) is -3.88. The molecule has 1 amide bonds. The first-order chi connectivity index (χ1) is 13.6. The van der Waals surface area contributed by atoms with Gasteiger partial charge in [-0.15, -0.1) is 0 Å². The summed E-state index contributed by atoms with van der Waals surface area (Å²) < 4.78 is 27.3. The molecule has 9 heteroatoms. The third-order valence-electron chi connectivity index (χ3n) is 5.28. The summed E-state index contributed by atoms with van der Waals surface area (Å²) in [6.07, 6.45) is 0. The van der Waals surface area contributed by atoms with E-state index in [2.05, 4.69) is 0 Å². The molecule has 1 heterocycles. The zero-order valence-electron chi connectivity index (χ0n) is 16.6. The van der Waals surface area contributed by atoms with Crippen LogP contribution in [0.1, 0.15) is 27.0 Å². The van der Waals surface area contributed by atoms with E-state index in [1.165, 1.54) is 16.4 Å². The van der Waals surface area contributed by atoms with E-state index in [1.807, 2.05) is 26.0 Å². The molecule has 1 fully saturated rings. The van der Waals surface area contributed by atoms with Gasteiger partial charge in [-0.3, -0.25) is 14.9 Å². The number of sulfonamides is 1. The number of rotatable bonds is 4. The average Bonchev–Trinajstić information content (AvgIpc) is 2.69. The molecule has 0 atom stereocenters. The highest BCUT2D eigenvalue weighted by Crippen LogP contribution is 2.26. The molecule has 0 N–H and O–H groups in total. The Morgan fingerprint density at radius 1 is 0.931 bits per heavy atom. The second-order valence-corrected chi connectivity index (χ2v) is 9.11. The van der Waals surface area contributed by atoms with E-state index in [0.29, 0.717) is 11.1 Å². The fourth-order valence-electron chi connectivity index (χ4n) is 3.31. The molecular formula is C20H23N3O5S. The summed E-state index contributed by atoms with van der Waals surface area (Å²) in [6, 6.07) is 9.33. The van der Waals surface area contributed by atoms with Gasteiger partial charge in [0.2, 0.25) is 10.0 Å². The number of amides is 1. The first kappa shape index (κ1) is 20.9. The van der Waals surface area contributed by atoms with E-state index in [9.17, 15) is 23.3 Å². The van der Waals surface area contributed by atoms with Crippen molar-refractivity contribution in [2.45, 2.75) is 25.7 Å². The number of carbonyl (C=O) groups excluding carboxylic acids is 1. The molecule has 29 heavy (non-hydrogen) atoms. The molecule has 0 spiro atoms. The number of nitrogens with zero attached hydrogens (tertiary/aromatic N) is 3. The highest BCUT2D eigenvalue weighted by molar-refractivity contribution is 7.89. The van der Waals surface area contributed by atoms with Crippen molar-refractivity contribution in [3.8, 4) is 0 Å². The van der Waals surface area contributed by atoms with Crippen LogP contribution >= 0.6 is 0 Å². The van der Waals surface area contributed by atoms with Crippen LogP contribution in [0.5, 0.6) is 0 Å². The summed E-state index contributed by atoms with van der Waals surface area (Å²) in [5.41, 5.74) is 2.89. The Hall–Kier alpha value is -2.78. The number of benzene rings is 2. The van der Waals surface area contributed by atoms with Gasteiger partial charge in [0.1, 0.15) is 0 Å². The molecule has 1 saturated heterocycles. The van der Waals surface area contributed by atoms with Crippen LogP contribution in [0.4, 0.5) is 5.69 Å². The Morgan fingerprint density at radius 2 is 1.55 bits per heavy atom. The second kappa shape index (κ2) is 7.92. The normalized spacial score (nSPS) is 15.3. The lowest BCUT2D eigenvalue weighted by Gasteiger charge is -2.34. The number of piperazine rings is 1. The molecule has 0 aliphatic carbocycles. The molecule has 0 unspecified atom stereocenters. The zero-order chi connectivity index (χ0) is 21.3. The molecule has 154 valence electrons. The van der Waals surface area contributed by atoms with Crippen LogP contribution in [0.2, 0.25) is 0 Å². The van der Waals surface area contributed by atoms with Gasteiger partial charge in [-0.05, 0) is 49.6 Å². The van der Waals surface area contributed by atoms with Gasteiger partial charge in [-0.2, -0.15) is 4.31 Å². The van der Waals surface area contributed by atoms with Crippen LogP contribution in [0, 0.1) is 30.9 Å². The standard InChI is InChI=1S/C20H23N3O5S/c1-14-4-6-17(12-16(14)3)20(24)21-8-10-22(11-9-21)29(27,28)19-13-18(23(25)26)7-5-15(19)2/h4-7,12-13H,8-11H2,1-3H3. The first-order valence-electron chi connectivity index (χ1n) is 9.23. The van der Waals surface area contributed by atoms with Gasteiger partial charge in [0.15, 0.2) is 0 Å². The fourth-order valence-corrected chi connectivity index (χ4v) is 4.97.